The number of amides is 2. The van der Waals surface area contributed by atoms with Crippen LogP contribution in [0.1, 0.15) is 22.3 Å². The van der Waals surface area contributed by atoms with Gasteiger partial charge < -0.3 is 14.2 Å². The summed E-state index contributed by atoms with van der Waals surface area (Å²) in [5.41, 5.74) is 8.36. The predicted molar refractivity (Wildman–Crippen MR) is 157 cm³/mol. The van der Waals surface area contributed by atoms with Crippen LogP contribution < -0.4 is 20.3 Å². The number of rotatable bonds is 14. The van der Waals surface area contributed by atoms with E-state index in [1.54, 1.807) is 0 Å². The van der Waals surface area contributed by atoms with Crippen LogP contribution >= 0.6 is 0 Å². The molecule has 208 valence electrons. The van der Waals surface area contributed by atoms with Crippen molar-refractivity contribution in [1.29, 1.82) is 0 Å². The number of nitrogens with one attached hydrogen (secondary N) is 2. The summed E-state index contributed by atoms with van der Waals surface area (Å²) in [5.74, 6) is 0.373. The Morgan fingerprint density at radius 3 is 1.46 bits per heavy atom. The van der Waals surface area contributed by atoms with Crippen LogP contribution in [0.3, 0.4) is 0 Å². The molecule has 0 saturated carbocycles. The second kappa shape index (κ2) is 16.0. The van der Waals surface area contributed by atoms with Crippen LogP contribution in [0.4, 0.5) is 0 Å². The third-order valence-corrected chi connectivity index (χ3v) is 5.48. The van der Waals surface area contributed by atoms with Crippen molar-refractivity contribution >= 4 is 24.2 Å². The topological polar surface area (TPSA) is 111 Å². The molecule has 0 atom stereocenters. The van der Waals surface area contributed by atoms with E-state index < -0.39 is 11.8 Å². The van der Waals surface area contributed by atoms with Gasteiger partial charge in [0, 0.05) is 0 Å². The first kappa shape index (κ1) is 28.7. The largest absolute Gasteiger partial charge is 0.489 e. The van der Waals surface area contributed by atoms with Crippen molar-refractivity contribution in [3.05, 3.63) is 131 Å². The van der Waals surface area contributed by atoms with E-state index in [4.69, 9.17) is 14.2 Å². The van der Waals surface area contributed by atoms with Crippen LogP contribution in [0.5, 0.6) is 11.5 Å². The van der Waals surface area contributed by atoms with Gasteiger partial charge in [0.1, 0.15) is 37.9 Å². The van der Waals surface area contributed by atoms with Crippen LogP contribution in [0.2, 0.25) is 0 Å². The van der Waals surface area contributed by atoms with Crippen molar-refractivity contribution in [3.63, 3.8) is 0 Å². The molecule has 0 bridgehead atoms. The zero-order valence-electron chi connectivity index (χ0n) is 22.3. The molecule has 0 saturated heterocycles. The molecule has 0 heterocycles. The van der Waals surface area contributed by atoms with Crippen molar-refractivity contribution in [2.45, 2.75) is 13.2 Å². The fourth-order valence-corrected chi connectivity index (χ4v) is 3.51. The number of hydrogen-bond donors (Lipinski definition) is 2. The number of carbonyl (C=O) groups is 2. The minimum atomic E-state index is -0.499. The summed E-state index contributed by atoms with van der Waals surface area (Å²) in [6.07, 6.45) is 2.99. The molecule has 4 aromatic rings. The lowest BCUT2D eigenvalue weighted by molar-refractivity contribution is -0.130. The van der Waals surface area contributed by atoms with Gasteiger partial charge >= 0.3 is 0 Å². The first-order valence-corrected chi connectivity index (χ1v) is 12.9. The lowest BCUT2D eigenvalue weighted by atomic mass is 10.2. The molecule has 4 rings (SSSR count). The third kappa shape index (κ3) is 10.8. The van der Waals surface area contributed by atoms with Crippen molar-refractivity contribution in [2.24, 2.45) is 10.2 Å². The Bertz CT molecular complexity index is 1350. The van der Waals surface area contributed by atoms with E-state index in [1.165, 1.54) is 12.4 Å². The highest BCUT2D eigenvalue weighted by atomic mass is 16.5. The van der Waals surface area contributed by atoms with Crippen LogP contribution in [0.15, 0.2) is 119 Å². The highest BCUT2D eigenvalue weighted by Crippen LogP contribution is 2.15. The Morgan fingerprint density at radius 2 is 1.02 bits per heavy atom. The molecule has 9 heteroatoms. The molecule has 0 aliphatic heterocycles. The van der Waals surface area contributed by atoms with E-state index in [2.05, 4.69) is 21.1 Å². The molecule has 2 amide bonds. The van der Waals surface area contributed by atoms with E-state index >= 15 is 0 Å². The van der Waals surface area contributed by atoms with Crippen molar-refractivity contribution in [1.82, 2.24) is 10.9 Å². The summed E-state index contributed by atoms with van der Waals surface area (Å²) in [4.78, 5) is 23.9. The normalized spacial score (nSPS) is 10.9. The SMILES string of the molecule is O=C(COCC(=O)N/N=C/c1cccc(OCc2ccccc2)c1)N/N=C/c1cccc(OCc2ccccc2)c1. The van der Waals surface area contributed by atoms with Gasteiger partial charge in [-0.15, -0.1) is 0 Å². The van der Waals surface area contributed by atoms with Gasteiger partial charge in [-0.2, -0.15) is 10.2 Å². The number of hydrazone groups is 2. The smallest absolute Gasteiger partial charge is 0.266 e. The minimum Gasteiger partial charge on any atom is -0.489 e. The summed E-state index contributed by atoms with van der Waals surface area (Å²) >= 11 is 0. The Kier molecular flexibility index (Phi) is 11.2. The lowest BCUT2D eigenvalue weighted by Gasteiger charge is -2.07. The minimum absolute atomic E-state index is 0.338. The molecule has 0 aliphatic carbocycles. The Labute approximate surface area is 238 Å². The molecule has 0 aliphatic rings. The fourth-order valence-electron chi connectivity index (χ4n) is 3.51. The van der Waals surface area contributed by atoms with Crippen molar-refractivity contribution in [3.8, 4) is 11.5 Å². The maximum Gasteiger partial charge on any atom is 0.266 e. The molecule has 9 nitrogen and oxygen atoms in total. The Morgan fingerprint density at radius 1 is 0.585 bits per heavy atom. The first-order valence-electron chi connectivity index (χ1n) is 12.9. The summed E-state index contributed by atoms with van der Waals surface area (Å²) < 4.78 is 16.7. The molecular weight excluding hydrogens is 520 g/mol. The van der Waals surface area contributed by atoms with Crippen molar-refractivity contribution in [2.75, 3.05) is 13.2 Å². The van der Waals surface area contributed by atoms with Gasteiger partial charge in [0.15, 0.2) is 0 Å². The highest BCUT2D eigenvalue weighted by molar-refractivity contribution is 5.84. The fraction of sp³-hybridized carbons (Fsp3) is 0.125. The molecule has 2 N–H and O–H groups in total. The number of hydrogen-bond acceptors (Lipinski definition) is 7. The summed E-state index contributed by atoms with van der Waals surface area (Å²) in [7, 11) is 0. The number of nitrogens with zero attached hydrogens (tertiary/aromatic N) is 2. The van der Waals surface area contributed by atoms with Gasteiger partial charge in [0.25, 0.3) is 11.8 Å². The third-order valence-electron chi connectivity index (χ3n) is 5.48. The van der Waals surface area contributed by atoms with E-state index in [1.807, 2.05) is 109 Å². The van der Waals surface area contributed by atoms with Crippen LogP contribution in [-0.4, -0.2) is 37.5 Å². The maximum absolute atomic E-state index is 12.0. The maximum atomic E-state index is 12.0. The van der Waals surface area contributed by atoms with Gasteiger partial charge in [-0.05, 0) is 46.5 Å². The van der Waals surface area contributed by atoms with E-state index in [-0.39, 0.29) is 13.2 Å². The average molecular weight is 551 g/mol. The summed E-state index contributed by atoms with van der Waals surface area (Å²) in [6.45, 7) is 0.225. The molecule has 4 aromatic carbocycles. The second-order valence-corrected chi connectivity index (χ2v) is 8.77. The zero-order chi connectivity index (χ0) is 28.5. The molecule has 41 heavy (non-hydrogen) atoms. The molecule has 0 aromatic heterocycles. The van der Waals surface area contributed by atoms with E-state index in [0.717, 1.165) is 22.3 Å². The van der Waals surface area contributed by atoms with Crippen LogP contribution in [-0.2, 0) is 27.5 Å². The monoisotopic (exact) mass is 550 g/mol. The van der Waals surface area contributed by atoms with Crippen LogP contribution in [0, 0.1) is 0 Å². The average Bonchev–Trinajstić information content (AvgIpc) is 3.00. The van der Waals surface area contributed by atoms with Gasteiger partial charge in [-0.1, -0.05) is 84.9 Å². The lowest BCUT2D eigenvalue weighted by Crippen LogP contribution is -2.28. The highest BCUT2D eigenvalue weighted by Gasteiger charge is 2.04. The Balaban J connectivity index is 1.11. The number of benzene rings is 4. The molecule has 0 radical (unpaired) electrons. The number of carbonyl (C=O) groups excluding carboxylic acids is 2. The van der Waals surface area contributed by atoms with Crippen molar-refractivity contribution < 1.29 is 23.8 Å². The van der Waals surface area contributed by atoms with Gasteiger partial charge in [-0.3, -0.25) is 9.59 Å². The standard InChI is InChI=1S/C32H30N4O5/c37-31(35-33-19-27-13-7-15-29(17-27)40-21-25-9-3-1-4-10-25)23-39-24-32(38)36-34-20-28-14-8-16-30(18-28)41-22-26-11-5-2-6-12-26/h1-20H,21-24H2,(H,35,37)(H,36,38)/b33-19+,34-20+. The summed E-state index contributed by atoms with van der Waals surface area (Å²) in [5, 5.41) is 7.85. The van der Waals surface area contributed by atoms with E-state index in [9.17, 15) is 9.59 Å². The van der Waals surface area contributed by atoms with Gasteiger partial charge in [0.2, 0.25) is 0 Å². The quantitative estimate of drug-likeness (QED) is 0.178. The molecule has 0 fully saturated rings. The summed E-state index contributed by atoms with van der Waals surface area (Å²) in [6, 6.07) is 34.4. The molecular formula is C32H30N4O5. The molecule has 0 unspecified atom stereocenters. The first-order chi connectivity index (χ1) is 20.1. The second-order valence-electron chi connectivity index (χ2n) is 8.77. The predicted octanol–water partition coefficient (Wildman–Crippen LogP) is 4.46. The number of ether oxygens (including phenoxy) is 3. The molecule has 0 spiro atoms. The Hall–Kier alpha value is -5.28. The van der Waals surface area contributed by atoms with E-state index in [0.29, 0.717) is 24.7 Å². The van der Waals surface area contributed by atoms with Gasteiger partial charge in [0.05, 0.1) is 12.4 Å². The zero-order valence-corrected chi connectivity index (χ0v) is 22.3. The van der Waals surface area contributed by atoms with Gasteiger partial charge in [-0.25, -0.2) is 10.9 Å². The van der Waals surface area contributed by atoms with Crippen LogP contribution in [0.25, 0.3) is 0 Å².